The average Bonchev–Trinajstić information content (AvgIpc) is 2.97. The lowest BCUT2D eigenvalue weighted by Crippen LogP contribution is -2.11. The molecule has 0 spiro atoms. The van der Waals surface area contributed by atoms with Gasteiger partial charge in [-0.3, -0.25) is 0 Å². The summed E-state index contributed by atoms with van der Waals surface area (Å²) in [6, 6.07) is 0.142. The van der Waals surface area contributed by atoms with Gasteiger partial charge in [-0.05, 0) is 26.7 Å². The summed E-state index contributed by atoms with van der Waals surface area (Å²) in [6.45, 7) is 9.35. The molecule has 2 N–H and O–H groups in total. The second kappa shape index (κ2) is 7.36. The van der Waals surface area contributed by atoms with Crippen molar-refractivity contribution in [3.05, 3.63) is 28.0 Å². The van der Waals surface area contributed by atoms with Crippen LogP contribution >= 0.6 is 11.3 Å². The first kappa shape index (κ1) is 15.7. The second-order valence-electron chi connectivity index (χ2n) is 5.01. The maximum atomic E-state index is 4.48. The molecule has 1 unspecified atom stereocenters. The highest BCUT2D eigenvalue weighted by atomic mass is 32.1. The molecule has 0 saturated heterocycles. The Balaban J connectivity index is 2.11. The Morgan fingerprint density at radius 1 is 1.19 bits per heavy atom. The van der Waals surface area contributed by atoms with Crippen LogP contribution in [0, 0.1) is 6.92 Å². The summed E-state index contributed by atoms with van der Waals surface area (Å²) in [5, 5.41) is 7.85. The van der Waals surface area contributed by atoms with Crippen LogP contribution in [0.25, 0.3) is 0 Å². The zero-order valence-electron chi connectivity index (χ0n) is 13.1. The van der Waals surface area contributed by atoms with Gasteiger partial charge in [0.15, 0.2) is 0 Å². The number of hydrogen-bond donors (Lipinski definition) is 2. The summed E-state index contributed by atoms with van der Waals surface area (Å²) in [4.78, 5) is 14.4. The fourth-order valence-electron chi connectivity index (χ4n) is 1.97. The molecule has 0 aromatic carbocycles. The van der Waals surface area contributed by atoms with E-state index in [9.17, 15) is 0 Å². The smallest absolute Gasteiger partial charge is 0.134 e. The van der Waals surface area contributed by atoms with Gasteiger partial charge < -0.3 is 10.6 Å². The van der Waals surface area contributed by atoms with Crippen molar-refractivity contribution in [3.63, 3.8) is 0 Å². The lowest BCUT2D eigenvalue weighted by molar-refractivity contribution is 0.854. The molecule has 5 nitrogen and oxygen atoms in total. The van der Waals surface area contributed by atoms with Crippen molar-refractivity contribution in [3.8, 4) is 0 Å². The first-order chi connectivity index (χ1) is 10.2. The van der Waals surface area contributed by atoms with Gasteiger partial charge >= 0.3 is 0 Å². The van der Waals surface area contributed by atoms with Crippen molar-refractivity contribution in [2.75, 3.05) is 17.2 Å². The van der Waals surface area contributed by atoms with E-state index in [0.29, 0.717) is 0 Å². The Morgan fingerprint density at radius 2 is 1.95 bits per heavy atom. The SMILES string of the molecule is CCCNc1ncnc(NC(C)c2ncc(CC)s2)c1C. The summed E-state index contributed by atoms with van der Waals surface area (Å²) in [5.74, 6) is 1.76. The van der Waals surface area contributed by atoms with Crippen LogP contribution in [0.3, 0.4) is 0 Å². The van der Waals surface area contributed by atoms with E-state index in [4.69, 9.17) is 0 Å². The maximum absolute atomic E-state index is 4.48. The maximum Gasteiger partial charge on any atom is 0.134 e. The molecule has 2 rings (SSSR count). The molecule has 6 heteroatoms. The van der Waals surface area contributed by atoms with Crippen molar-refractivity contribution in [1.82, 2.24) is 15.0 Å². The molecule has 2 heterocycles. The van der Waals surface area contributed by atoms with Crippen molar-refractivity contribution < 1.29 is 0 Å². The number of hydrogen-bond acceptors (Lipinski definition) is 6. The summed E-state index contributed by atoms with van der Waals surface area (Å²) in [5.41, 5.74) is 1.05. The minimum atomic E-state index is 0.142. The summed E-state index contributed by atoms with van der Waals surface area (Å²) < 4.78 is 0. The van der Waals surface area contributed by atoms with Gasteiger partial charge in [0.2, 0.25) is 0 Å². The Bertz CT molecular complexity index is 581. The Kier molecular flexibility index (Phi) is 5.50. The molecule has 1 atom stereocenters. The lowest BCUT2D eigenvalue weighted by atomic mass is 10.2. The van der Waals surface area contributed by atoms with Crippen LogP contribution < -0.4 is 10.6 Å². The highest BCUT2D eigenvalue weighted by Crippen LogP contribution is 2.26. The number of anilines is 2. The third-order valence-electron chi connectivity index (χ3n) is 3.27. The molecule has 0 saturated carbocycles. The van der Waals surface area contributed by atoms with Crippen molar-refractivity contribution >= 4 is 23.0 Å². The van der Waals surface area contributed by atoms with Crippen LogP contribution in [0.2, 0.25) is 0 Å². The number of aryl methyl sites for hydroxylation is 1. The highest BCUT2D eigenvalue weighted by Gasteiger charge is 2.13. The first-order valence-corrected chi connectivity index (χ1v) is 8.23. The Labute approximate surface area is 130 Å². The molecule has 2 aromatic heterocycles. The zero-order chi connectivity index (χ0) is 15.2. The number of thiazole rings is 1. The van der Waals surface area contributed by atoms with Gasteiger partial charge in [-0.1, -0.05) is 13.8 Å². The topological polar surface area (TPSA) is 62.7 Å². The van der Waals surface area contributed by atoms with E-state index >= 15 is 0 Å². The van der Waals surface area contributed by atoms with Gasteiger partial charge in [0.25, 0.3) is 0 Å². The predicted molar refractivity (Wildman–Crippen MR) is 89.1 cm³/mol. The molecule has 0 amide bonds. The molecular weight excluding hydrogens is 282 g/mol. The van der Waals surface area contributed by atoms with Crippen molar-refractivity contribution in [1.29, 1.82) is 0 Å². The van der Waals surface area contributed by atoms with Gasteiger partial charge in [-0.2, -0.15) is 0 Å². The quantitative estimate of drug-likeness (QED) is 0.814. The first-order valence-electron chi connectivity index (χ1n) is 7.42. The number of nitrogens with one attached hydrogen (secondary N) is 2. The average molecular weight is 305 g/mol. The van der Waals surface area contributed by atoms with E-state index in [1.807, 2.05) is 13.1 Å². The fourth-order valence-corrected chi connectivity index (χ4v) is 2.83. The van der Waals surface area contributed by atoms with Gasteiger partial charge in [0.05, 0.1) is 6.04 Å². The molecule has 114 valence electrons. The summed E-state index contributed by atoms with van der Waals surface area (Å²) in [6.07, 6.45) is 5.65. The Hall–Kier alpha value is -1.69. The van der Waals surface area contributed by atoms with E-state index in [1.165, 1.54) is 4.88 Å². The van der Waals surface area contributed by atoms with E-state index in [1.54, 1.807) is 17.7 Å². The molecular formula is C15H23N5S. The van der Waals surface area contributed by atoms with Gasteiger partial charge in [-0.15, -0.1) is 11.3 Å². The van der Waals surface area contributed by atoms with Gasteiger partial charge in [0.1, 0.15) is 23.0 Å². The monoisotopic (exact) mass is 305 g/mol. The summed E-state index contributed by atoms with van der Waals surface area (Å²) in [7, 11) is 0. The van der Waals surface area contributed by atoms with Gasteiger partial charge in [0, 0.05) is 23.2 Å². The summed E-state index contributed by atoms with van der Waals surface area (Å²) >= 11 is 1.75. The fraction of sp³-hybridized carbons (Fsp3) is 0.533. The van der Waals surface area contributed by atoms with E-state index in [-0.39, 0.29) is 6.04 Å². The van der Waals surface area contributed by atoms with E-state index in [2.05, 4.69) is 46.4 Å². The third kappa shape index (κ3) is 3.91. The highest BCUT2D eigenvalue weighted by molar-refractivity contribution is 7.11. The number of rotatable bonds is 7. The van der Waals surface area contributed by atoms with Gasteiger partial charge in [-0.25, -0.2) is 15.0 Å². The molecule has 0 aliphatic carbocycles. The molecule has 0 aliphatic rings. The van der Waals surface area contributed by atoms with Crippen molar-refractivity contribution in [2.24, 2.45) is 0 Å². The largest absolute Gasteiger partial charge is 0.370 e. The standard InChI is InChI=1S/C15H23N5S/c1-5-7-16-13-10(3)14(19-9-18-13)20-11(4)15-17-8-12(6-2)21-15/h8-9,11H,5-7H2,1-4H3,(H2,16,18,19,20). The molecule has 0 aliphatic heterocycles. The predicted octanol–water partition coefficient (Wildman–Crippen LogP) is 3.80. The van der Waals surface area contributed by atoms with Crippen LogP contribution in [0.1, 0.15) is 48.7 Å². The Morgan fingerprint density at radius 3 is 2.62 bits per heavy atom. The second-order valence-corrected chi connectivity index (χ2v) is 6.15. The lowest BCUT2D eigenvalue weighted by Gasteiger charge is -2.16. The number of aromatic nitrogens is 3. The molecule has 0 radical (unpaired) electrons. The van der Waals surface area contributed by atoms with Crippen LogP contribution in [0.5, 0.6) is 0 Å². The molecule has 21 heavy (non-hydrogen) atoms. The number of nitrogens with zero attached hydrogens (tertiary/aromatic N) is 3. The van der Waals surface area contributed by atoms with Crippen molar-refractivity contribution in [2.45, 2.75) is 46.6 Å². The van der Waals surface area contributed by atoms with Crippen LogP contribution in [0.4, 0.5) is 11.6 Å². The normalized spacial score (nSPS) is 12.2. The minimum absolute atomic E-state index is 0.142. The van der Waals surface area contributed by atoms with Crippen LogP contribution in [-0.4, -0.2) is 21.5 Å². The molecule has 0 bridgehead atoms. The molecule has 2 aromatic rings. The van der Waals surface area contributed by atoms with E-state index < -0.39 is 0 Å². The minimum Gasteiger partial charge on any atom is -0.370 e. The molecule has 0 fully saturated rings. The third-order valence-corrected chi connectivity index (χ3v) is 4.59. The van der Waals surface area contributed by atoms with E-state index in [0.717, 1.165) is 41.6 Å². The van der Waals surface area contributed by atoms with Crippen LogP contribution in [-0.2, 0) is 6.42 Å². The zero-order valence-corrected chi connectivity index (χ0v) is 13.9. The van der Waals surface area contributed by atoms with Crippen LogP contribution in [0.15, 0.2) is 12.5 Å².